The summed E-state index contributed by atoms with van der Waals surface area (Å²) in [5.74, 6) is -1.34. The number of urea groups is 1. The molecule has 1 aromatic carbocycles. The molecule has 1 aliphatic carbocycles. The van der Waals surface area contributed by atoms with Crippen LogP contribution in [-0.2, 0) is 11.3 Å². The lowest BCUT2D eigenvalue weighted by Crippen LogP contribution is -2.61. The highest BCUT2D eigenvalue weighted by Crippen LogP contribution is 2.31. The molecule has 1 aliphatic rings. The van der Waals surface area contributed by atoms with Crippen LogP contribution in [0.4, 0.5) is 9.18 Å². The average molecular weight is 266 g/mol. The lowest BCUT2D eigenvalue weighted by molar-refractivity contribution is -0.148. The molecule has 0 saturated heterocycles. The van der Waals surface area contributed by atoms with Crippen molar-refractivity contribution in [1.29, 1.82) is 0 Å². The Bertz CT molecular complexity index is 483. The maximum absolute atomic E-state index is 12.7. The van der Waals surface area contributed by atoms with Crippen LogP contribution < -0.4 is 10.6 Å². The number of aliphatic carboxylic acids is 1. The molecule has 3 N–H and O–H groups in total. The van der Waals surface area contributed by atoms with E-state index in [0.29, 0.717) is 12.8 Å². The van der Waals surface area contributed by atoms with Crippen LogP contribution in [0.2, 0.25) is 0 Å². The fourth-order valence-corrected chi connectivity index (χ4v) is 1.97. The van der Waals surface area contributed by atoms with Gasteiger partial charge in [-0.25, -0.2) is 14.0 Å². The van der Waals surface area contributed by atoms with E-state index >= 15 is 0 Å². The molecular formula is C13H15FN2O3. The molecule has 5 nitrogen and oxygen atoms in total. The minimum absolute atomic E-state index is 0.224. The van der Waals surface area contributed by atoms with Crippen molar-refractivity contribution in [2.24, 2.45) is 0 Å². The van der Waals surface area contributed by atoms with Gasteiger partial charge in [-0.2, -0.15) is 0 Å². The Hall–Kier alpha value is -2.11. The Balaban J connectivity index is 1.85. The standard InChI is InChI=1S/C13H15FN2O3/c14-10-4-2-9(3-5-10)8-15-12(19)16-13(11(17)18)6-1-7-13/h2-5H,1,6-8H2,(H,17,18)(H2,15,16,19). The van der Waals surface area contributed by atoms with Crippen LogP contribution in [0.3, 0.4) is 0 Å². The molecule has 6 heteroatoms. The molecule has 0 heterocycles. The summed E-state index contributed by atoms with van der Waals surface area (Å²) in [5, 5.41) is 14.1. The van der Waals surface area contributed by atoms with Gasteiger partial charge >= 0.3 is 12.0 Å². The number of carbonyl (C=O) groups excluding carboxylic acids is 1. The molecule has 0 unspecified atom stereocenters. The molecule has 0 aliphatic heterocycles. The van der Waals surface area contributed by atoms with Gasteiger partial charge in [0.1, 0.15) is 11.4 Å². The Kier molecular flexibility index (Phi) is 3.69. The van der Waals surface area contributed by atoms with Gasteiger partial charge in [0, 0.05) is 6.54 Å². The molecule has 0 spiro atoms. The molecule has 0 atom stereocenters. The van der Waals surface area contributed by atoms with E-state index in [-0.39, 0.29) is 12.4 Å². The highest BCUT2D eigenvalue weighted by molar-refractivity contribution is 5.87. The van der Waals surface area contributed by atoms with Crippen molar-refractivity contribution in [3.63, 3.8) is 0 Å². The van der Waals surface area contributed by atoms with Gasteiger partial charge in [0.15, 0.2) is 0 Å². The molecule has 0 aromatic heterocycles. The minimum Gasteiger partial charge on any atom is -0.480 e. The summed E-state index contributed by atoms with van der Waals surface area (Å²) in [7, 11) is 0. The Morgan fingerprint density at radius 2 is 1.89 bits per heavy atom. The second kappa shape index (κ2) is 5.26. The van der Waals surface area contributed by atoms with Gasteiger partial charge in [-0.1, -0.05) is 12.1 Å². The van der Waals surface area contributed by atoms with Crippen LogP contribution in [-0.4, -0.2) is 22.6 Å². The van der Waals surface area contributed by atoms with Crippen LogP contribution in [0.25, 0.3) is 0 Å². The summed E-state index contributed by atoms with van der Waals surface area (Å²) in [6, 6.07) is 5.21. The van der Waals surface area contributed by atoms with Crippen molar-refractivity contribution in [2.45, 2.75) is 31.3 Å². The first-order valence-corrected chi connectivity index (χ1v) is 6.06. The molecular weight excluding hydrogens is 251 g/mol. The quantitative estimate of drug-likeness (QED) is 0.775. The van der Waals surface area contributed by atoms with E-state index < -0.39 is 17.5 Å². The lowest BCUT2D eigenvalue weighted by Gasteiger charge is -2.38. The fourth-order valence-electron chi connectivity index (χ4n) is 1.97. The molecule has 2 amide bonds. The third-order valence-electron chi connectivity index (χ3n) is 3.34. The van der Waals surface area contributed by atoms with Gasteiger partial charge in [0.25, 0.3) is 0 Å². The number of carbonyl (C=O) groups is 2. The van der Waals surface area contributed by atoms with Crippen molar-refractivity contribution in [1.82, 2.24) is 10.6 Å². The van der Waals surface area contributed by atoms with E-state index in [0.717, 1.165) is 12.0 Å². The van der Waals surface area contributed by atoms with E-state index in [9.17, 15) is 14.0 Å². The lowest BCUT2D eigenvalue weighted by atomic mass is 9.77. The van der Waals surface area contributed by atoms with Crippen LogP contribution in [0.15, 0.2) is 24.3 Å². The van der Waals surface area contributed by atoms with Crippen LogP contribution in [0.1, 0.15) is 24.8 Å². The summed E-state index contributed by atoms with van der Waals surface area (Å²) in [5.41, 5.74) is -0.373. The first-order chi connectivity index (χ1) is 9.02. The van der Waals surface area contributed by atoms with E-state index in [2.05, 4.69) is 10.6 Å². The van der Waals surface area contributed by atoms with E-state index in [1.165, 1.54) is 12.1 Å². The summed E-state index contributed by atoms with van der Waals surface area (Å²) in [4.78, 5) is 22.7. The Labute approximate surface area is 109 Å². The van der Waals surface area contributed by atoms with Crippen LogP contribution in [0, 0.1) is 5.82 Å². The molecule has 2 rings (SSSR count). The minimum atomic E-state index is -1.12. The second-order valence-corrected chi connectivity index (χ2v) is 4.67. The molecule has 0 radical (unpaired) electrons. The monoisotopic (exact) mass is 266 g/mol. The normalized spacial score (nSPS) is 16.3. The fraction of sp³-hybridized carbons (Fsp3) is 0.385. The number of amides is 2. The van der Waals surface area contributed by atoms with Gasteiger partial charge < -0.3 is 15.7 Å². The maximum atomic E-state index is 12.7. The number of carboxylic acids is 1. The highest BCUT2D eigenvalue weighted by Gasteiger charge is 2.45. The Morgan fingerprint density at radius 3 is 2.37 bits per heavy atom. The number of carboxylic acid groups (broad SMARTS) is 1. The van der Waals surface area contributed by atoms with E-state index in [1.807, 2.05) is 0 Å². The molecule has 102 valence electrons. The van der Waals surface area contributed by atoms with Gasteiger partial charge in [0.2, 0.25) is 0 Å². The molecule has 1 fully saturated rings. The zero-order valence-electron chi connectivity index (χ0n) is 10.3. The predicted octanol–water partition coefficient (Wildman–Crippen LogP) is 1.63. The topological polar surface area (TPSA) is 78.4 Å². The van der Waals surface area contributed by atoms with Crippen molar-refractivity contribution in [2.75, 3.05) is 0 Å². The summed E-state index contributed by atoms with van der Waals surface area (Å²) < 4.78 is 12.7. The van der Waals surface area contributed by atoms with Crippen LogP contribution >= 0.6 is 0 Å². The van der Waals surface area contributed by atoms with Crippen LogP contribution in [0.5, 0.6) is 0 Å². The van der Waals surface area contributed by atoms with Crippen molar-refractivity contribution in [3.05, 3.63) is 35.6 Å². The molecule has 0 bridgehead atoms. The van der Waals surface area contributed by atoms with E-state index in [1.54, 1.807) is 12.1 Å². The highest BCUT2D eigenvalue weighted by atomic mass is 19.1. The third-order valence-corrected chi connectivity index (χ3v) is 3.34. The van der Waals surface area contributed by atoms with Gasteiger partial charge in [-0.05, 0) is 37.0 Å². The average Bonchev–Trinajstić information content (AvgIpc) is 2.32. The summed E-state index contributed by atoms with van der Waals surface area (Å²) in [6.45, 7) is 0.224. The zero-order chi connectivity index (χ0) is 13.9. The van der Waals surface area contributed by atoms with E-state index in [4.69, 9.17) is 5.11 Å². The maximum Gasteiger partial charge on any atom is 0.329 e. The molecule has 1 saturated carbocycles. The SMILES string of the molecule is O=C(NCc1ccc(F)cc1)NC1(C(=O)O)CCC1. The van der Waals surface area contributed by atoms with Gasteiger partial charge in [-0.15, -0.1) is 0 Å². The number of nitrogens with one attached hydrogen (secondary N) is 2. The van der Waals surface area contributed by atoms with Crippen molar-refractivity contribution < 1.29 is 19.1 Å². The third kappa shape index (κ3) is 3.01. The number of hydrogen-bond donors (Lipinski definition) is 3. The first kappa shape index (κ1) is 13.3. The number of halogens is 1. The number of benzene rings is 1. The Morgan fingerprint density at radius 1 is 1.26 bits per heavy atom. The molecule has 1 aromatic rings. The smallest absolute Gasteiger partial charge is 0.329 e. The summed E-state index contributed by atoms with van der Waals surface area (Å²) >= 11 is 0. The number of rotatable bonds is 4. The predicted molar refractivity (Wildman–Crippen MR) is 66.0 cm³/mol. The van der Waals surface area contributed by atoms with Crippen molar-refractivity contribution >= 4 is 12.0 Å². The molecule has 19 heavy (non-hydrogen) atoms. The second-order valence-electron chi connectivity index (χ2n) is 4.67. The van der Waals surface area contributed by atoms with Crippen molar-refractivity contribution in [3.8, 4) is 0 Å². The first-order valence-electron chi connectivity index (χ1n) is 6.06. The number of hydrogen-bond acceptors (Lipinski definition) is 2. The zero-order valence-corrected chi connectivity index (χ0v) is 10.3. The van der Waals surface area contributed by atoms with Gasteiger partial charge in [-0.3, -0.25) is 0 Å². The summed E-state index contributed by atoms with van der Waals surface area (Å²) in [6.07, 6.45) is 1.70. The largest absolute Gasteiger partial charge is 0.480 e. The van der Waals surface area contributed by atoms with Gasteiger partial charge in [0.05, 0.1) is 0 Å².